The lowest BCUT2D eigenvalue weighted by atomic mass is 10.1. The molecule has 0 spiro atoms. The maximum atomic E-state index is 13.6. The molecule has 0 radical (unpaired) electrons. The van der Waals surface area contributed by atoms with E-state index >= 15 is 0 Å². The maximum absolute atomic E-state index is 13.6. The summed E-state index contributed by atoms with van der Waals surface area (Å²) in [6.45, 7) is 0. The fraction of sp³-hybridized carbons (Fsp3) is 0. The smallest absolute Gasteiger partial charge is 0.262 e. The normalized spacial score (nSPS) is 10.7. The van der Waals surface area contributed by atoms with Crippen molar-refractivity contribution in [1.29, 1.82) is 0 Å². The van der Waals surface area contributed by atoms with E-state index in [2.05, 4.69) is 0 Å². The molecule has 0 atom stereocenters. The number of hydrogen-bond donors (Lipinski definition) is 0. The van der Waals surface area contributed by atoms with Crippen LogP contribution < -0.4 is 4.90 Å². The summed E-state index contributed by atoms with van der Waals surface area (Å²) in [7, 11) is 0. The predicted molar refractivity (Wildman–Crippen MR) is 103 cm³/mol. The summed E-state index contributed by atoms with van der Waals surface area (Å²) in [6.07, 6.45) is 0. The van der Waals surface area contributed by atoms with Crippen LogP contribution in [0.2, 0.25) is 0 Å². The van der Waals surface area contributed by atoms with E-state index in [1.165, 1.54) is 12.1 Å². The second-order valence-corrected chi connectivity index (χ2v) is 6.02. The number of fused-ring (bicyclic) bond motifs is 1. The zero-order valence-corrected chi connectivity index (χ0v) is 14.0. The lowest BCUT2D eigenvalue weighted by Crippen LogP contribution is -2.26. The Labute approximate surface area is 151 Å². The summed E-state index contributed by atoms with van der Waals surface area (Å²) in [4.78, 5) is 14.8. The van der Waals surface area contributed by atoms with E-state index in [0.717, 1.165) is 22.1 Å². The first-order valence-corrected chi connectivity index (χ1v) is 8.36. The van der Waals surface area contributed by atoms with Crippen LogP contribution in [0.4, 0.5) is 15.8 Å². The van der Waals surface area contributed by atoms with Crippen molar-refractivity contribution in [2.75, 3.05) is 4.90 Å². The molecule has 4 aromatic rings. The second kappa shape index (κ2) is 6.81. The molecular formula is C23H16FNO. The topological polar surface area (TPSA) is 20.3 Å². The maximum Gasteiger partial charge on any atom is 0.262 e. The number of hydrogen-bond acceptors (Lipinski definition) is 1. The van der Waals surface area contributed by atoms with Gasteiger partial charge in [0, 0.05) is 16.9 Å². The summed E-state index contributed by atoms with van der Waals surface area (Å²) in [5, 5.41) is 2.14. The number of amides is 1. The molecule has 126 valence electrons. The van der Waals surface area contributed by atoms with E-state index in [-0.39, 0.29) is 5.91 Å². The Bertz CT molecular complexity index is 1080. The van der Waals surface area contributed by atoms with Crippen molar-refractivity contribution >= 4 is 28.1 Å². The van der Waals surface area contributed by atoms with Gasteiger partial charge in [0.1, 0.15) is 5.82 Å². The van der Waals surface area contributed by atoms with E-state index in [9.17, 15) is 9.18 Å². The van der Waals surface area contributed by atoms with Gasteiger partial charge < -0.3 is 0 Å². The fourth-order valence-corrected chi connectivity index (χ4v) is 3.03. The number of carbonyl (C=O) groups excluding carboxylic acids is 1. The molecule has 0 aromatic heterocycles. The quantitative estimate of drug-likeness (QED) is 0.450. The van der Waals surface area contributed by atoms with Gasteiger partial charge >= 0.3 is 0 Å². The first-order chi connectivity index (χ1) is 12.7. The van der Waals surface area contributed by atoms with Crippen LogP contribution >= 0.6 is 0 Å². The van der Waals surface area contributed by atoms with Crippen LogP contribution in [0.3, 0.4) is 0 Å². The third kappa shape index (κ3) is 3.07. The molecule has 0 fully saturated rings. The van der Waals surface area contributed by atoms with E-state index in [1.54, 1.807) is 17.0 Å². The molecule has 0 aliphatic carbocycles. The number of carbonyl (C=O) groups is 1. The summed E-state index contributed by atoms with van der Waals surface area (Å²) in [6, 6.07) is 29.0. The molecule has 0 unspecified atom stereocenters. The molecule has 0 aliphatic rings. The van der Waals surface area contributed by atoms with Crippen LogP contribution in [-0.2, 0) is 0 Å². The Morgan fingerprint density at radius 3 is 2.15 bits per heavy atom. The molecule has 0 saturated heterocycles. The monoisotopic (exact) mass is 341 g/mol. The van der Waals surface area contributed by atoms with E-state index in [1.807, 2.05) is 72.8 Å². The predicted octanol–water partition coefficient (Wildman–Crippen LogP) is 5.96. The molecule has 0 bridgehead atoms. The average Bonchev–Trinajstić information content (AvgIpc) is 2.69. The van der Waals surface area contributed by atoms with Crippen molar-refractivity contribution < 1.29 is 9.18 Å². The number of rotatable bonds is 3. The van der Waals surface area contributed by atoms with Gasteiger partial charge in [-0.2, -0.15) is 0 Å². The third-order valence-electron chi connectivity index (χ3n) is 4.28. The zero-order chi connectivity index (χ0) is 17.9. The van der Waals surface area contributed by atoms with Crippen molar-refractivity contribution in [1.82, 2.24) is 0 Å². The van der Waals surface area contributed by atoms with Crippen molar-refractivity contribution in [3.63, 3.8) is 0 Å². The lowest BCUT2D eigenvalue weighted by molar-refractivity contribution is 0.0999. The molecule has 3 heteroatoms. The van der Waals surface area contributed by atoms with Gasteiger partial charge in [0.15, 0.2) is 0 Å². The van der Waals surface area contributed by atoms with Gasteiger partial charge in [-0.25, -0.2) is 4.39 Å². The number of nitrogens with zero attached hydrogens (tertiary/aromatic N) is 1. The van der Waals surface area contributed by atoms with Gasteiger partial charge in [-0.1, -0.05) is 54.6 Å². The van der Waals surface area contributed by atoms with Crippen LogP contribution in [0.15, 0.2) is 97.1 Å². The summed E-state index contributed by atoms with van der Waals surface area (Å²) >= 11 is 0. The zero-order valence-electron chi connectivity index (χ0n) is 14.0. The molecule has 0 N–H and O–H groups in total. The molecule has 1 amide bonds. The third-order valence-corrected chi connectivity index (χ3v) is 4.28. The Hall–Kier alpha value is -3.46. The van der Waals surface area contributed by atoms with Crippen molar-refractivity contribution in [3.8, 4) is 0 Å². The molecule has 4 aromatic carbocycles. The van der Waals surface area contributed by atoms with Crippen LogP contribution in [0, 0.1) is 5.82 Å². The fourth-order valence-electron chi connectivity index (χ4n) is 3.03. The van der Waals surface area contributed by atoms with Crippen LogP contribution in [0.25, 0.3) is 10.8 Å². The highest BCUT2D eigenvalue weighted by atomic mass is 19.1. The first kappa shape index (κ1) is 16.0. The molecule has 26 heavy (non-hydrogen) atoms. The van der Waals surface area contributed by atoms with E-state index in [0.29, 0.717) is 5.56 Å². The molecule has 0 heterocycles. The van der Waals surface area contributed by atoms with Gasteiger partial charge in [-0.3, -0.25) is 9.69 Å². The number of halogens is 1. The van der Waals surface area contributed by atoms with Gasteiger partial charge in [0.2, 0.25) is 0 Å². The Balaban J connectivity index is 1.86. The number of benzene rings is 4. The first-order valence-electron chi connectivity index (χ1n) is 8.36. The van der Waals surface area contributed by atoms with Gasteiger partial charge in [0.05, 0.1) is 0 Å². The Kier molecular flexibility index (Phi) is 4.20. The van der Waals surface area contributed by atoms with Gasteiger partial charge in [0.25, 0.3) is 5.91 Å². The van der Waals surface area contributed by atoms with Crippen LogP contribution in [-0.4, -0.2) is 5.91 Å². The number of para-hydroxylation sites is 1. The van der Waals surface area contributed by atoms with E-state index < -0.39 is 5.82 Å². The van der Waals surface area contributed by atoms with Crippen LogP contribution in [0.1, 0.15) is 10.4 Å². The highest BCUT2D eigenvalue weighted by molar-refractivity contribution is 6.11. The molecule has 0 saturated carbocycles. The minimum atomic E-state index is -0.428. The summed E-state index contributed by atoms with van der Waals surface area (Å²) in [5.74, 6) is -0.701. The van der Waals surface area contributed by atoms with Crippen LogP contribution in [0.5, 0.6) is 0 Å². The molecule has 2 nitrogen and oxygen atoms in total. The van der Waals surface area contributed by atoms with Gasteiger partial charge in [-0.15, -0.1) is 0 Å². The van der Waals surface area contributed by atoms with Crippen molar-refractivity contribution in [2.45, 2.75) is 0 Å². The van der Waals surface area contributed by atoms with Crippen molar-refractivity contribution in [2.24, 2.45) is 0 Å². The molecular weight excluding hydrogens is 325 g/mol. The summed E-state index contributed by atoms with van der Waals surface area (Å²) < 4.78 is 13.6. The second-order valence-electron chi connectivity index (χ2n) is 6.02. The SMILES string of the molecule is O=C(c1cccc(F)c1)N(c1ccccc1)c1ccc2ccccc2c1. The van der Waals surface area contributed by atoms with E-state index in [4.69, 9.17) is 0 Å². The largest absolute Gasteiger partial charge is 0.277 e. The Morgan fingerprint density at radius 1 is 0.654 bits per heavy atom. The van der Waals surface area contributed by atoms with Gasteiger partial charge in [-0.05, 0) is 53.2 Å². The molecule has 4 rings (SSSR count). The average molecular weight is 341 g/mol. The minimum absolute atomic E-state index is 0.272. The standard InChI is InChI=1S/C23H16FNO/c24-20-10-6-9-19(15-20)23(26)25(21-11-2-1-3-12-21)22-14-13-17-7-4-5-8-18(17)16-22/h1-16H. The minimum Gasteiger partial charge on any atom is -0.277 e. The molecule has 0 aliphatic heterocycles. The number of anilines is 2. The van der Waals surface area contributed by atoms with Crippen molar-refractivity contribution in [3.05, 3.63) is 108 Å². The highest BCUT2D eigenvalue weighted by Gasteiger charge is 2.20. The highest BCUT2D eigenvalue weighted by Crippen LogP contribution is 2.30. The summed E-state index contributed by atoms with van der Waals surface area (Å²) in [5.41, 5.74) is 1.78. The Morgan fingerprint density at radius 2 is 1.38 bits per heavy atom. The lowest BCUT2D eigenvalue weighted by Gasteiger charge is -2.23.